The lowest BCUT2D eigenvalue weighted by atomic mass is 9.87. The summed E-state index contributed by atoms with van der Waals surface area (Å²) in [5.74, 6) is 0.504. The van der Waals surface area contributed by atoms with Gasteiger partial charge in [0, 0.05) is 6.04 Å². The van der Waals surface area contributed by atoms with Gasteiger partial charge in [0.2, 0.25) is 0 Å². The highest BCUT2D eigenvalue weighted by Crippen LogP contribution is 2.34. The zero-order valence-corrected chi connectivity index (χ0v) is 11.8. The first-order valence-corrected chi connectivity index (χ1v) is 7.32. The number of carbonyl (C=O) groups is 1. The van der Waals surface area contributed by atoms with E-state index in [2.05, 4.69) is 17.4 Å². The van der Waals surface area contributed by atoms with Crippen molar-refractivity contribution in [3.05, 3.63) is 29.3 Å². The second-order valence-corrected chi connectivity index (χ2v) is 5.89. The lowest BCUT2D eigenvalue weighted by molar-refractivity contribution is -0.140. The highest BCUT2D eigenvalue weighted by Gasteiger charge is 2.37. The number of fused-ring (bicyclic) bond motifs is 1. The smallest absolute Gasteiger partial charge is 0.320 e. The molecule has 1 aromatic rings. The van der Waals surface area contributed by atoms with E-state index in [1.54, 1.807) is 7.11 Å². The maximum atomic E-state index is 11.3. The molecular formula is C16H21NO3. The molecule has 2 N–H and O–H groups in total. The summed E-state index contributed by atoms with van der Waals surface area (Å²) in [6, 6.07) is 6.09. The van der Waals surface area contributed by atoms with Crippen LogP contribution in [0.3, 0.4) is 0 Å². The Morgan fingerprint density at radius 2 is 2.15 bits per heavy atom. The maximum absolute atomic E-state index is 11.3. The molecule has 0 radical (unpaired) electrons. The third kappa shape index (κ3) is 2.80. The van der Waals surface area contributed by atoms with E-state index in [1.165, 1.54) is 11.1 Å². The molecule has 0 heterocycles. The fourth-order valence-electron chi connectivity index (χ4n) is 3.10. The third-order valence-electron chi connectivity index (χ3n) is 4.42. The van der Waals surface area contributed by atoms with Gasteiger partial charge in [-0.2, -0.15) is 0 Å². The molecular weight excluding hydrogens is 254 g/mol. The largest absolute Gasteiger partial charge is 0.497 e. The molecule has 108 valence electrons. The molecule has 4 nitrogen and oxygen atoms in total. The highest BCUT2D eigenvalue weighted by molar-refractivity contribution is 5.74. The SMILES string of the molecule is COc1ccc2c(c1)CC(NC(C(=O)O)C1CC1)CC2. The van der Waals surface area contributed by atoms with Crippen molar-refractivity contribution >= 4 is 5.97 Å². The van der Waals surface area contributed by atoms with Crippen molar-refractivity contribution in [1.82, 2.24) is 5.32 Å². The van der Waals surface area contributed by atoms with Gasteiger partial charge in [0.1, 0.15) is 11.8 Å². The van der Waals surface area contributed by atoms with Crippen molar-refractivity contribution in [2.45, 2.75) is 44.2 Å². The second-order valence-electron chi connectivity index (χ2n) is 5.89. The maximum Gasteiger partial charge on any atom is 0.320 e. The van der Waals surface area contributed by atoms with E-state index in [1.807, 2.05) is 6.07 Å². The van der Waals surface area contributed by atoms with Crippen molar-refractivity contribution in [3.8, 4) is 5.75 Å². The zero-order valence-electron chi connectivity index (χ0n) is 11.8. The zero-order chi connectivity index (χ0) is 14.1. The number of aryl methyl sites for hydroxylation is 1. The Balaban J connectivity index is 1.69. The van der Waals surface area contributed by atoms with Gasteiger partial charge in [0.05, 0.1) is 7.11 Å². The number of nitrogens with one attached hydrogen (secondary N) is 1. The number of ether oxygens (including phenoxy) is 1. The van der Waals surface area contributed by atoms with Gasteiger partial charge in [0.25, 0.3) is 0 Å². The van der Waals surface area contributed by atoms with Crippen molar-refractivity contribution in [2.24, 2.45) is 5.92 Å². The molecule has 0 aliphatic heterocycles. The van der Waals surface area contributed by atoms with Gasteiger partial charge in [-0.3, -0.25) is 4.79 Å². The van der Waals surface area contributed by atoms with Crippen molar-refractivity contribution in [2.75, 3.05) is 7.11 Å². The van der Waals surface area contributed by atoms with E-state index >= 15 is 0 Å². The number of carboxylic acids is 1. The summed E-state index contributed by atoms with van der Waals surface area (Å²) in [6.45, 7) is 0. The molecule has 0 saturated heterocycles. The topological polar surface area (TPSA) is 58.6 Å². The van der Waals surface area contributed by atoms with Gasteiger partial charge >= 0.3 is 5.97 Å². The molecule has 2 aliphatic carbocycles. The minimum Gasteiger partial charge on any atom is -0.497 e. The first-order chi connectivity index (χ1) is 9.67. The summed E-state index contributed by atoms with van der Waals surface area (Å²) < 4.78 is 5.27. The van der Waals surface area contributed by atoms with Crippen molar-refractivity contribution in [1.29, 1.82) is 0 Å². The van der Waals surface area contributed by atoms with Gasteiger partial charge < -0.3 is 15.2 Å². The van der Waals surface area contributed by atoms with Crippen LogP contribution in [0.5, 0.6) is 5.75 Å². The average molecular weight is 275 g/mol. The summed E-state index contributed by atoms with van der Waals surface area (Å²) in [7, 11) is 1.67. The van der Waals surface area contributed by atoms with Crippen LogP contribution in [0.4, 0.5) is 0 Å². The van der Waals surface area contributed by atoms with Crippen LogP contribution in [0.1, 0.15) is 30.4 Å². The van der Waals surface area contributed by atoms with Crippen LogP contribution in [0, 0.1) is 5.92 Å². The lowest BCUT2D eigenvalue weighted by Gasteiger charge is -2.28. The molecule has 0 aromatic heterocycles. The molecule has 1 aromatic carbocycles. The first-order valence-electron chi connectivity index (χ1n) is 7.32. The molecule has 1 fully saturated rings. The Labute approximate surface area is 119 Å². The molecule has 1 saturated carbocycles. The minimum absolute atomic E-state index is 0.260. The van der Waals surface area contributed by atoms with Gasteiger partial charge in [-0.05, 0) is 61.3 Å². The van der Waals surface area contributed by atoms with E-state index in [0.29, 0.717) is 5.92 Å². The van der Waals surface area contributed by atoms with Crippen LogP contribution in [-0.2, 0) is 17.6 Å². The predicted molar refractivity (Wildman–Crippen MR) is 76.1 cm³/mol. The molecule has 2 unspecified atom stereocenters. The van der Waals surface area contributed by atoms with Crippen molar-refractivity contribution < 1.29 is 14.6 Å². The van der Waals surface area contributed by atoms with Crippen LogP contribution in [0.25, 0.3) is 0 Å². The molecule has 2 atom stereocenters. The summed E-state index contributed by atoms with van der Waals surface area (Å²) in [4.78, 5) is 11.3. The van der Waals surface area contributed by atoms with E-state index in [4.69, 9.17) is 4.74 Å². The number of carboxylic acid groups (broad SMARTS) is 1. The molecule has 20 heavy (non-hydrogen) atoms. The van der Waals surface area contributed by atoms with Crippen molar-refractivity contribution in [3.63, 3.8) is 0 Å². The molecule has 0 amide bonds. The Morgan fingerprint density at radius 3 is 2.80 bits per heavy atom. The molecule has 4 heteroatoms. The average Bonchev–Trinajstić information content (AvgIpc) is 3.28. The van der Waals surface area contributed by atoms with Gasteiger partial charge in [-0.1, -0.05) is 6.07 Å². The highest BCUT2D eigenvalue weighted by atomic mass is 16.5. The molecule has 3 rings (SSSR count). The van der Waals surface area contributed by atoms with Crippen LogP contribution in [-0.4, -0.2) is 30.3 Å². The third-order valence-corrected chi connectivity index (χ3v) is 4.42. The summed E-state index contributed by atoms with van der Waals surface area (Å²) >= 11 is 0. The number of hydrogen-bond donors (Lipinski definition) is 2. The molecule has 2 aliphatic rings. The van der Waals surface area contributed by atoms with Gasteiger partial charge in [-0.15, -0.1) is 0 Å². The van der Waals surface area contributed by atoms with Crippen LogP contribution < -0.4 is 10.1 Å². The first kappa shape index (κ1) is 13.4. The Bertz CT molecular complexity index is 510. The Kier molecular flexibility index (Phi) is 3.66. The Hall–Kier alpha value is -1.55. The number of rotatable bonds is 5. The number of aliphatic carboxylic acids is 1. The molecule has 0 bridgehead atoms. The lowest BCUT2D eigenvalue weighted by Crippen LogP contribution is -2.46. The van der Waals surface area contributed by atoms with Crippen LogP contribution >= 0.6 is 0 Å². The van der Waals surface area contributed by atoms with E-state index in [-0.39, 0.29) is 12.1 Å². The van der Waals surface area contributed by atoms with Crippen LogP contribution in [0.15, 0.2) is 18.2 Å². The Morgan fingerprint density at radius 1 is 1.35 bits per heavy atom. The molecule has 0 spiro atoms. The quantitative estimate of drug-likeness (QED) is 0.863. The van der Waals surface area contributed by atoms with Gasteiger partial charge in [0.15, 0.2) is 0 Å². The number of benzene rings is 1. The standard InChI is InChI=1S/C16H21NO3/c1-20-14-7-5-10-4-6-13(8-12(10)9-14)17-15(16(18)19)11-2-3-11/h5,7,9,11,13,15,17H,2-4,6,8H2,1H3,(H,18,19). The fraction of sp³-hybridized carbons (Fsp3) is 0.562. The summed E-state index contributed by atoms with van der Waals surface area (Å²) in [5, 5.41) is 12.7. The van der Waals surface area contributed by atoms with Gasteiger partial charge in [-0.25, -0.2) is 0 Å². The second kappa shape index (κ2) is 5.44. The predicted octanol–water partition coefficient (Wildman–Crippen LogP) is 2.01. The van der Waals surface area contributed by atoms with E-state index < -0.39 is 5.97 Å². The number of hydrogen-bond acceptors (Lipinski definition) is 3. The minimum atomic E-state index is -0.705. The van der Waals surface area contributed by atoms with E-state index in [0.717, 1.165) is 37.9 Å². The fourth-order valence-corrected chi connectivity index (χ4v) is 3.10. The monoisotopic (exact) mass is 275 g/mol. The summed E-state index contributed by atoms with van der Waals surface area (Å²) in [6.07, 6.45) is 5.00. The van der Waals surface area contributed by atoms with E-state index in [9.17, 15) is 9.90 Å². The normalized spacial score (nSPS) is 22.9. The van der Waals surface area contributed by atoms with Crippen LogP contribution in [0.2, 0.25) is 0 Å². The summed E-state index contributed by atoms with van der Waals surface area (Å²) in [5.41, 5.74) is 2.65. The number of methoxy groups -OCH3 is 1.